The van der Waals surface area contributed by atoms with Crippen LogP contribution < -0.4 is 26.4 Å². The molecule has 0 amide bonds. The van der Waals surface area contributed by atoms with Crippen LogP contribution in [0.25, 0.3) is 0 Å². The Balaban J connectivity index is 1.40. The van der Waals surface area contributed by atoms with E-state index >= 15 is 0 Å². The molecule has 3 heterocycles. The van der Waals surface area contributed by atoms with Gasteiger partial charge in [-0.1, -0.05) is 155 Å². The monoisotopic (exact) mass is 867 g/mol. The van der Waals surface area contributed by atoms with Gasteiger partial charge in [0.2, 0.25) is 0 Å². The average molecular weight is 867 g/mol. The maximum Gasteiger partial charge on any atom is 0.297 e. The number of fused-ring (bicyclic) bond motifs is 9. The predicted octanol–water partition coefficient (Wildman–Crippen LogP) is 15.3. The molecule has 0 fully saturated rings. The number of hydrogen-bond acceptors (Lipinski definition) is 3. The minimum atomic E-state index is -0.111. The maximum atomic E-state index is 7.80. The van der Waals surface area contributed by atoms with Gasteiger partial charge in [0.15, 0.2) is 0 Å². The minimum absolute atomic E-state index is 0.0340. The first-order chi connectivity index (χ1) is 29.9. The number of anilines is 6. The molecular weight excluding hydrogens is 787 g/mol. The van der Waals surface area contributed by atoms with E-state index in [1.807, 2.05) is 0 Å². The molecule has 0 saturated carbocycles. The molecule has 342 valence electrons. The molecule has 0 bridgehead atoms. The van der Waals surface area contributed by atoms with E-state index in [4.69, 9.17) is 4.42 Å². The molecule has 0 radical (unpaired) electrons. The molecule has 5 aromatic rings. The predicted molar refractivity (Wildman–Crippen MR) is 281 cm³/mol. The zero-order valence-corrected chi connectivity index (χ0v) is 43.9. The lowest BCUT2D eigenvalue weighted by atomic mass is 9.34. The molecule has 10 rings (SSSR count). The highest BCUT2D eigenvalue weighted by Gasteiger charge is 2.54. The quantitative estimate of drug-likeness (QED) is 0.161. The van der Waals surface area contributed by atoms with Crippen LogP contribution in [0.2, 0.25) is 0 Å². The summed E-state index contributed by atoms with van der Waals surface area (Å²) in [4.78, 5) is 5.47. The molecule has 0 N–H and O–H groups in total. The normalized spacial score (nSPS) is 21.4. The van der Waals surface area contributed by atoms with Crippen LogP contribution in [0.1, 0.15) is 213 Å². The molecule has 0 spiro atoms. The fraction of sp³-hybridized carbons (Fsp3) is 0.541. The van der Waals surface area contributed by atoms with E-state index in [2.05, 4.69) is 202 Å². The van der Waals surface area contributed by atoms with E-state index in [1.54, 1.807) is 0 Å². The second-order valence-electron chi connectivity index (χ2n) is 27.5. The van der Waals surface area contributed by atoms with Gasteiger partial charge >= 0.3 is 0 Å². The number of rotatable bonds is 2. The van der Waals surface area contributed by atoms with Crippen molar-refractivity contribution in [3.05, 3.63) is 111 Å². The SMILES string of the molecule is Cc1cc(C(C)(C)C)ccc1N1c2cc(C(C)(C)C)cc3c2B(c2ccc4c(c2N3c2ccc3c(c2)C(C)(C)CCC3(C)C)C(C)(C)CCC4(C)C)c2oc3c(c21)C(C)(C)CCC3(C)C. The summed E-state index contributed by atoms with van der Waals surface area (Å²) in [5, 5.41) is 0. The highest BCUT2D eigenvalue weighted by Crippen LogP contribution is 2.58. The Bertz CT molecular complexity index is 2830. The Morgan fingerprint density at radius 1 is 0.477 bits per heavy atom. The van der Waals surface area contributed by atoms with Gasteiger partial charge < -0.3 is 14.2 Å². The van der Waals surface area contributed by atoms with E-state index in [1.165, 1.54) is 115 Å². The average Bonchev–Trinajstić information content (AvgIpc) is 3.62. The summed E-state index contributed by atoms with van der Waals surface area (Å²) in [5.41, 5.74) is 23.1. The summed E-state index contributed by atoms with van der Waals surface area (Å²) >= 11 is 0. The zero-order chi connectivity index (χ0) is 47.1. The lowest BCUT2D eigenvalue weighted by Crippen LogP contribution is -2.62. The molecule has 0 atom stereocenters. The summed E-state index contributed by atoms with van der Waals surface area (Å²) in [6.45, 7) is 46.2. The smallest absolute Gasteiger partial charge is 0.297 e. The standard InChI is InChI=1S/C61H79BN2O/c1-36-32-37(54(2,3)4)20-25-44(36)64-46-34-38(55(5,6)7)33-45-49(46)62(53-51(64)48-52(65-53)61(18,19)31-30-60(48,16)17)43-24-23-41-47(59(14,15)29-28-57(41,10)11)50(43)63(45)39-21-22-40-42(35-39)58(12,13)27-26-56(40,8)9/h20-25,32-35H,26-31H2,1-19H3. The lowest BCUT2D eigenvalue weighted by Gasteiger charge is -2.50. The van der Waals surface area contributed by atoms with Crippen LogP contribution in [0.4, 0.5) is 34.1 Å². The molecule has 65 heavy (non-hydrogen) atoms. The Labute approximate surface area is 394 Å². The van der Waals surface area contributed by atoms with Crippen molar-refractivity contribution in [2.24, 2.45) is 0 Å². The molecule has 3 aliphatic carbocycles. The number of hydrogen-bond donors (Lipinski definition) is 0. The van der Waals surface area contributed by atoms with Crippen molar-refractivity contribution in [2.45, 2.75) is 213 Å². The Kier molecular flexibility index (Phi) is 9.27. The van der Waals surface area contributed by atoms with Gasteiger partial charge in [0.05, 0.1) is 11.3 Å². The van der Waals surface area contributed by atoms with Gasteiger partial charge in [0.25, 0.3) is 6.71 Å². The van der Waals surface area contributed by atoms with E-state index in [-0.39, 0.29) is 50.0 Å². The zero-order valence-electron chi connectivity index (χ0n) is 43.9. The fourth-order valence-corrected chi connectivity index (χ4v) is 13.0. The van der Waals surface area contributed by atoms with Gasteiger partial charge in [0.1, 0.15) is 5.76 Å². The van der Waals surface area contributed by atoms with E-state index in [0.29, 0.717) is 0 Å². The van der Waals surface area contributed by atoms with Crippen LogP contribution in [-0.2, 0) is 43.3 Å². The first-order valence-electron chi connectivity index (χ1n) is 25.3. The second-order valence-corrected chi connectivity index (χ2v) is 27.5. The van der Waals surface area contributed by atoms with Crippen molar-refractivity contribution in [1.29, 1.82) is 0 Å². The van der Waals surface area contributed by atoms with Crippen LogP contribution in [0.5, 0.6) is 0 Å². The van der Waals surface area contributed by atoms with Gasteiger partial charge in [-0.15, -0.1) is 0 Å². The van der Waals surface area contributed by atoms with Crippen molar-refractivity contribution >= 4 is 57.4 Å². The number of nitrogens with zero attached hydrogens (tertiary/aromatic N) is 2. The molecule has 4 aromatic carbocycles. The summed E-state index contributed by atoms with van der Waals surface area (Å²) in [7, 11) is 0. The van der Waals surface area contributed by atoms with Crippen LogP contribution in [0.3, 0.4) is 0 Å². The van der Waals surface area contributed by atoms with E-state index in [0.717, 1.165) is 24.9 Å². The fourth-order valence-electron chi connectivity index (χ4n) is 13.0. The molecule has 5 aliphatic rings. The molecule has 4 heteroatoms. The molecule has 0 saturated heterocycles. The van der Waals surface area contributed by atoms with Gasteiger partial charge in [-0.3, -0.25) is 0 Å². The topological polar surface area (TPSA) is 19.6 Å². The first-order valence-corrected chi connectivity index (χ1v) is 25.3. The van der Waals surface area contributed by atoms with Crippen molar-refractivity contribution in [3.63, 3.8) is 0 Å². The second kappa shape index (κ2) is 13.5. The van der Waals surface area contributed by atoms with E-state index in [9.17, 15) is 0 Å². The van der Waals surface area contributed by atoms with Crippen LogP contribution in [0.15, 0.2) is 65.1 Å². The number of aryl methyl sites for hydroxylation is 1. The summed E-state index contributed by atoms with van der Waals surface area (Å²) in [5.74, 6) is 1.18. The van der Waals surface area contributed by atoms with Gasteiger partial charge in [0, 0.05) is 39.4 Å². The molecule has 1 aromatic heterocycles. The van der Waals surface area contributed by atoms with Crippen molar-refractivity contribution in [3.8, 4) is 0 Å². The first kappa shape index (κ1) is 44.7. The third kappa shape index (κ3) is 6.47. The van der Waals surface area contributed by atoms with Crippen molar-refractivity contribution in [1.82, 2.24) is 0 Å². The van der Waals surface area contributed by atoms with Crippen LogP contribution in [-0.4, -0.2) is 6.71 Å². The minimum Gasteiger partial charge on any atom is -0.472 e. The maximum absolute atomic E-state index is 7.80. The van der Waals surface area contributed by atoms with E-state index < -0.39 is 0 Å². The molecule has 3 nitrogen and oxygen atoms in total. The molecular formula is C61H79BN2O. The van der Waals surface area contributed by atoms with Gasteiger partial charge in [-0.2, -0.15) is 0 Å². The lowest BCUT2D eigenvalue weighted by molar-refractivity contribution is 0.282. The third-order valence-electron chi connectivity index (χ3n) is 17.8. The summed E-state index contributed by atoms with van der Waals surface area (Å²) < 4.78 is 7.80. The van der Waals surface area contributed by atoms with Gasteiger partial charge in [-0.25, -0.2) is 0 Å². The Morgan fingerprint density at radius 3 is 1.60 bits per heavy atom. The summed E-state index contributed by atoms with van der Waals surface area (Å²) in [6, 6.07) is 25.2. The largest absolute Gasteiger partial charge is 0.472 e. The molecule has 2 aliphatic heterocycles. The number of benzene rings is 4. The molecule has 0 unspecified atom stereocenters. The number of furan rings is 1. The third-order valence-corrected chi connectivity index (χ3v) is 17.8. The highest BCUT2D eigenvalue weighted by atomic mass is 16.3. The van der Waals surface area contributed by atoms with Gasteiger partial charge in [-0.05, 0) is 164 Å². The Hall–Kier alpha value is -4.18. The van der Waals surface area contributed by atoms with Crippen molar-refractivity contribution in [2.75, 3.05) is 9.80 Å². The van der Waals surface area contributed by atoms with Crippen molar-refractivity contribution < 1.29 is 4.42 Å². The van der Waals surface area contributed by atoms with Crippen LogP contribution in [0, 0.1) is 6.92 Å². The Morgan fingerprint density at radius 2 is 1.00 bits per heavy atom. The highest BCUT2D eigenvalue weighted by molar-refractivity contribution is 6.99. The van der Waals surface area contributed by atoms with Crippen LogP contribution >= 0.6 is 0 Å². The summed E-state index contributed by atoms with van der Waals surface area (Å²) in [6.07, 6.45) is 6.92.